The van der Waals surface area contributed by atoms with E-state index >= 15 is 0 Å². The molecule has 6 nitrogen and oxygen atoms in total. The van der Waals surface area contributed by atoms with Crippen LogP contribution in [0.3, 0.4) is 0 Å². The molecule has 0 aliphatic carbocycles. The van der Waals surface area contributed by atoms with Crippen molar-refractivity contribution < 1.29 is 14.3 Å². The summed E-state index contributed by atoms with van der Waals surface area (Å²) in [4.78, 5) is 29.3. The lowest BCUT2D eigenvalue weighted by atomic mass is 10.1. The SMILES string of the molecule is COc1ccccc1[C@@H](C)NCC(=O)N1CCN(C(=O)c2cccs2)CC1. The second kappa shape index (κ2) is 9.01. The second-order valence-corrected chi connectivity index (χ2v) is 7.44. The standard InChI is InChI=1S/C20H25N3O3S/c1-15(16-6-3-4-7-17(16)26-2)21-14-19(24)22-9-11-23(12-10-22)20(25)18-8-5-13-27-18/h3-8,13,15,21H,9-12,14H2,1-2H3/t15-/m1/s1. The molecule has 1 aliphatic rings. The van der Waals surface area contributed by atoms with Crippen LogP contribution in [0.15, 0.2) is 41.8 Å². The summed E-state index contributed by atoms with van der Waals surface area (Å²) in [5.74, 6) is 0.922. The number of rotatable bonds is 6. The fourth-order valence-corrected chi connectivity index (χ4v) is 3.89. The molecule has 3 rings (SSSR count). The largest absolute Gasteiger partial charge is 0.496 e. The Bertz CT molecular complexity index is 771. The minimum absolute atomic E-state index is 0.00629. The molecule has 1 atom stereocenters. The summed E-state index contributed by atoms with van der Waals surface area (Å²) in [5.41, 5.74) is 1.03. The number of hydrogen-bond acceptors (Lipinski definition) is 5. The molecule has 1 saturated heterocycles. The van der Waals surface area contributed by atoms with Crippen LogP contribution in [0, 0.1) is 0 Å². The van der Waals surface area contributed by atoms with Crippen LogP contribution in [0.4, 0.5) is 0 Å². The highest BCUT2D eigenvalue weighted by Crippen LogP contribution is 2.24. The zero-order chi connectivity index (χ0) is 19.2. The van der Waals surface area contributed by atoms with E-state index in [1.165, 1.54) is 11.3 Å². The van der Waals surface area contributed by atoms with Crippen molar-refractivity contribution in [3.05, 3.63) is 52.2 Å². The molecule has 1 fully saturated rings. The van der Waals surface area contributed by atoms with Crippen molar-refractivity contribution in [1.29, 1.82) is 0 Å². The highest BCUT2D eigenvalue weighted by Gasteiger charge is 2.25. The fraction of sp³-hybridized carbons (Fsp3) is 0.400. The predicted molar refractivity (Wildman–Crippen MR) is 106 cm³/mol. The molecule has 144 valence electrons. The smallest absolute Gasteiger partial charge is 0.264 e. The molecule has 1 N–H and O–H groups in total. The van der Waals surface area contributed by atoms with Crippen molar-refractivity contribution in [3.8, 4) is 5.75 Å². The number of ether oxygens (including phenoxy) is 1. The van der Waals surface area contributed by atoms with E-state index in [9.17, 15) is 9.59 Å². The summed E-state index contributed by atoms with van der Waals surface area (Å²) in [6, 6.07) is 11.5. The Morgan fingerprint density at radius 3 is 2.48 bits per heavy atom. The zero-order valence-corrected chi connectivity index (χ0v) is 16.5. The number of carbonyl (C=O) groups excluding carboxylic acids is 2. The van der Waals surface area contributed by atoms with Gasteiger partial charge >= 0.3 is 0 Å². The van der Waals surface area contributed by atoms with Crippen LogP contribution in [0.1, 0.15) is 28.2 Å². The predicted octanol–water partition coefficient (Wildman–Crippen LogP) is 2.39. The third-order valence-electron chi connectivity index (χ3n) is 4.82. The highest BCUT2D eigenvalue weighted by molar-refractivity contribution is 7.12. The van der Waals surface area contributed by atoms with Crippen molar-refractivity contribution >= 4 is 23.2 Å². The van der Waals surface area contributed by atoms with Crippen LogP contribution in [-0.4, -0.2) is 61.4 Å². The lowest BCUT2D eigenvalue weighted by Crippen LogP contribution is -2.52. The third-order valence-corrected chi connectivity index (χ3v) is 5.67. The lowest BCUT2D eigenvalue weighted by Gasteiger charge is -2.34. The van der Waals surface area contributed by atoms with Gasteiger partial charge in [0.05, 0.1) is 18.5 Å². The van der Waals surface area contributed by atoms with Gasteiger partial charge in [0.1, 0.15) is 5.75 Å². The summed E-state index contributed by atoms with van der Waals surface area (Å²) in [7, 11) is 1.65. The first-order valence-electron chi connectivity index (χ1n) is 9.07. The van der Waals surface area contributed by atoms with Gasteiger partial charge in [0.2, 0.25) is 5.91 Å². The number of piperazine rings is 1. The molecule has 2 heterocycles. The molecule has 1 aromatic heterocycles. The highest BCUT2D eigenvalue weighted by atomic mass is 32.1. The number of nitrogens with one attached hydrogen (secondary N) is 1. The van der Waals surface area contributed by atoms with Gasteiger partial charge in [-0.25, -0.2) is 0 Å². The topological polar surface area (TPSA) is 61.9 Å². The van der Waals surface area contributed by atoms with Crippen LogP contribution in [-0.2, 0) is 4.79 Å². The molecule has 0 radical (unpaired) electrons. The Morgan fingerprint density at radius 2 is 1.81 bits per heavy atom. The minimum atomic E-state index is 0.00629. The van der Waals surface area contributed by atoms with Gasteiger partial charge in [0.15, 0.2) is 0 Å². The van der Waals surface area contributed by atoms with E-state index < -0.39 is 0 Å². The van der Waals surface area contributed by atoms with Gasteiger partial charge in [0.25, 0.3) is 5.91 Å². The molecular formula is C20H25N3O3S. The van der Waals surface area contributed by atoms with E-state index in [4.69, 9.17) is 4.74 Å². The van der Waals surface area contributed by atoms with Crippen molar-refractivity contribution in [2.45, 2.75) is 13.0 Å². The molecule has 0 saturated carbocycles. The summed E-state index contributed by atoms with van der Waals surface area (Å²) >= 11 is 1.45. The molecular weight excluding hydrogens is 362 g/mol. The van der Waals surface area contributed by atoms with E-state index in [0.717, 1.165) is 16.2 Å². The molecule has 0 unspecified atom stereocenters. The van der Waals surface area contributed by atoms with Gasteiger partial charge in [-0.15, -0.1) is 11.3 Å². The van der Waals surface area contributed by atoms with E-state index in [-0.39, 0.29) is 24.4 Å². The van der Waals surface area contributed by atoms with Crippen molar-refractivity contribution in [1.82, 2.24) is 15.1 Å². The maximum absolute atomic E-state index is 12.5. The molecule has 7 heteroatoms. The van der Waals surface area contributed by atoms with Gasteiger partial charge in [-0.05, 0) is 24.4 Å². The maximum Gasteiger partial charge on any atom is 0.264 e. The number of hydrogen-bond donors (Lipinski definition) is 1. The van der Waals surface area contributed by atoms with Gasteiger partial charge in [-0.2, -0.15) is 0 Å². The third kappa shape index (κ3) is 4.67. The van der Waals surface area contributed by atoms with Gasteiger partial charge in [-0.3, -0.25) is 9.59 Å². The Labute approximate surface area is 163 Å². The number of nitrogens with zero attached hydrogens (tertiary/aromatic N) is 2. The Morgan fingerprint density at radius 1 is 1.11 bits per heavy atom. The quantitative estimate of drug-likeness (QED) is 0.827. The summed E-state index contributed by atoms with van der Waals surface area (Å²) in [6.45, 7) is 4.57. The minimum Gasteiger partial charge on any atom is -0.496 e. The second-order valence-electron chi connectivity index (χ2n) is 6.49. The molecule has 1 aromatic carbocycles. The normalized spacial score (nSPS) is 15.5. The fourth-order valence-electron chi connectivity index (χ4n) is 3.20. The number of benzene rings is 1. The summed E-state index contributed by atoms with van der Waals surface area (Å²) in [5, 5.41) is 5.18. The average Bonchev–Trinajstić information content (AvgIpc) is 3.26. The summed E-state index contributed by atoms with van der Waals surface area (Å²) in [6.07, 6.45) is 0. The number of amides is 2. The van der Waals surface area contributed by atoms with Crippen LogP contribution in [0.25, 0.3) is 0 Å². The lowest BCUT2D eigenvalue weighted by molar-refractivity contribution is -0.131. The van der Waals surface area contributed by atoms with Crippen LogP contribution in [0.5, 0.6) is 5.75 Å². The van der Waals surface area contributed by atoms with Crippen molar-refractivity contribution in [2.75, 3.05) is 39.8 Å². The van der Waals surface area contributed by atoms with Crippen LogP contribution >= 0.6 is 11.3 Å². The van der Waals surface area contributed by atoms with Crippen molar-refractivity contribution in [2.24, 2.45) is 0 Å². The van der Waals surface area contributed by atoms with E-state index in [1.807, 2.05) is 58.5 Å². The van der Waals surface area contributed by atoms with Crippen LogP contribution < -0.4 is 10.1 Å². The van der Waals surface area contributed by atoms with E-state index in [0.29, 0.717) is 26.2 Å². The van der Waals surface area contributed by atoms with E-state index in [2.05, 4.69) is 5.32 Å². The van der Waals surface area contributed by atoms with Gasteiger partial charge in [-0.1, -0.05) is 24.3 Å². The molecule has 2 amide bonds. The number of methoxy groups -OCH3 is 1. The molecule has 0 bridgehead atoms. The van der Waals surface area contributed by atoms with Crippen LogP contribution in [0.2, 0.25) is 0 Å². The molecule has 0 spiro atoms. The molecule has 2 aromatic rings. The number of para-hydroxylation sites is 1. The molecule has 1 aliphatic heterocycles. The maximum atomic E-state index is 12.5. The number of carbonyl (C=O) groups is 2. The zero-order valence-electron chi connectivity index (χ0n) is 15.7. The first kappa shape index (κ1) is 19.4. The van der Waals surface area contributed by atoms with Gasteiger partial charge < -0.3 is 19.9 Å². The number of thiophene rings is 1. The monoisotopic (exact) mass is 387 g/mol. The summed E-state index contributed by atoms with van der Waals surface area (Å²) < 4.78 is 5.38. The average molecular weight is 388 g/mol. The first-order chi connectivity index (χ1) is 13.1. The Balaban J connectivity index is 1.47. The van der Waals surface area contributed by atoms with E-state index in [1.54, 1.807) is 7.11 Å². The first-order valence-corrected chi connectivity index (χ1v) is 9.95. The molecule has 27 heavy (non-hydrogen) atoms. The van der Waals surface area contributed by atoms with Gasteiger partial charge in [0, 0.05) is 37.8 Å². The Kier molecular flexibility index (Phi) is 6.47. The van der Waals surface area contributed by atoms with Crippen molar-refractivity contribution in [3.63, 3.8) is 0 Å². The Hall–Kier alpha value is -2.38.